The maximum Gasteiger partial charge on any atom is 2.00 e. The van der Waals surface area contributed by atoms with E-state index >= 15 is 0 Å². The van der Waals surface area contributed by atoms with E-state index < -0.39 is 26.1 Å². The molecule has 6 aromatic heterocycles. The first-order chi connectivity index (χ1) is 22.7. The molecule has 0 radical (unpaired) electrons. The van der Waals surface area contributed by atoms with E-state index in [0.717, 1.165) is 0 Å². The van der Waals surface area contributed by atoms with Crippen LogP contribution in [0, 0.1) is 20.5 Å². The second kappa shape index (κ2) is 17.4. The molecule has 0 saturated heterocycles. The molecule has 0 amide bonds. The SMILES string of the molecule is OC(c1cccc(-c2ccccn2)n1)(c1cccc(-c2ccccn2)n1)c1cccc(-c2ccccn2)n1.[O-][Cl+3]([O-])([O-])[O-].[O-][Cl+3]([O-])([O-])[O-].[Zn+2]. The first-order valence-electron chi connectivity index (χ1n) is 13.3. The molecule has 18 heteroatoms. The topological polar surface area (TPSA) is 282 Å². The molecule has 0 fully saturated rings. The van der Waals surface area contributed by atoms with Gasteiger partial charge in [-0.05, 0) is 72.8 Å². The molecule has 0 aliphatic heterocycles. The Hall–Kier alpha value is -4.26. The van der Waals surface area contributed by atoms with Gasteiger partial charge in [-0.3, -0.25) is 15.0 Å². The molecule has 0 bridgehead atoms. The van der Waals surface area contributed by atoms with Crippen molar-refractivity contribution in [2.24, 2.45) is 0 Å². The van der Waals surface area contributed by atoms with Crippen molar-refractivity contribution in [3.05, 3.63) is 145 Å². The van der Waals surface area contributed by atoms with Crippen molar-refractivity contribution in [1.29, 1.82) is 0 Å². The summed E-state index contributed by atoms with van der Waals surface area (Å²) in [7, 11) is -9.89. The molecule has 0 saturated carbocycles. The minimum Gasteiger partial charge on any atom is -0.372 e. The molecule has 0 aromatic carbocycles. The standard InChI is InChI=1S/C31H22N6O.2ClHO4.Zn/c38-31(28-16-7-13-25(35-28)22-10-1-4-19-32-22,29-17-8-14-26(36-29)23-11-2-5-20-33-23)30-18-9-15-27(37-30)24-12-3-6-21-34-24;2*2-1(3,4)5;/h1-21,38H;2*(H,2,3,4,5);/q;;;+2/p-2. The minimum absolute atomic E-state index is 0. The van der Waals surface area contributed by atoms with Crippen LogP contribution in [0.1, 0.15) is 17.1 Å². The Kier molecular flexibility index (Phi) is 13.9. The quantitative estimate of drug-likeness (QED) is 0.158. The van der Waals surface area contributed by atoms with Gasteiger partial charge in [-0.1, -0.05) is 36.4 Å². The minimum atomic E-state index is -4.94. The number of pyridine rings is 6. The van der Waals surface area contributed by atoms with Gasteiger partial charge in [0.2, 0.25) is 0 Å². The summed E-state index contributed by atoms with van der Waals surface area (Å²) < 4.78 is 67.9. The first-order valence-corrected chi connectivity index (χ1v) is 15.8. The molecule has 246 valence electrons. The molecule has 0 unspecified atom stereocenters. The van der Waals surface area contributed by atoms with Crippen LogP contribution in [0.25, 0.3) is 34.2 Å². The summed E-state index contributed by atoms with van der Waals surface area (Å²) >= 11 is 0. The van der Waals surface area contributed by atoms with Crippen LogP contribution in [-0.2, 0) is 25.1 Å². The average Bonchev–Trinajstić information content (AvgIpc) is 3.08. The van der Waals surface area contributed by atoms with Gasteiger partial charge in [-0.25, -0.2) is 52.2 Å². The summed E-state index contributed by atoms with van der Waals surface area (Å²) in [5.74, 6) is 0. The van der Waals surface area contributed by atoms with E-state index in [9.17, 15) is 5.11 Å². The number of halogens is 2. The molecule has 0 aliphatic rings. The predicted octanol–water partition coefficient (Wildman–Crippen LogP) is -4.17. The normalized spacial score (nSPS) is 11.2. The second-order valence-electron chi connectivity index (χ2n) is 9.34. The van der Waals surface area contributed by atoms with Gasteiger partial charge >= 0.3 is 19.5 Å². The van der Waals surface area contributed by atoms with Crippen molar-refractivity contribution in [2.75, 3.05) is 0 Å². The van der Waals surface area contributed by atoms with Crippen molar-refractivity contribution in [2.45, 2.75) is 5.60 Å². The van der Waals surface area contributed by atoms with Crippen molar-refractivity contribution in [3.8, 4) is 34.2 Å². The summed E-state index contributed by atoms with van der Waals surface area (Å²) in [6.45, 7) is 0. The molecule has 15 nitrogen and oxygen atoms in total. The van der Waals surface area contributed by atoms with Crippen LogP contribution in [0.4, 0.5) is 0 Å². The van der Waals surface area contributed by atoms with Crippen LogP contribution in [-0.4, -0.2) is 35.0 Å². The summed E-state index contributed by atoms with van der Waals surface area (Å²) in [5.41, 5.74) is 3.31. The third kappa shape index (κ3) is 12.0. The zero-order valence-corrected chi connectivity index (χ0v) is 29.5. The number of hydrogen-bond donors (Lipinski definition) is 1. The fourth-order valence-corrected chi connectivity index (χ4v) is 4.27. The van der Waals surface area contributed by atoms with E-state index in [1.54, 1.807) is 36.8 Å². The monoisotopic (exact) mass is 756 g/mol. The number of rotatable bonds is 6. The van der Waals surface area contributed by atoms with Crippen LogP contribution in [0.15, 0.2) is 128 Å². The van der Waals surface area contributed by atoms with E-state index in [0.29, 0.717) is 51.2 Å². The Labute approximate surface area is 295 Å². The number of aliphatic hydroxyl groups is 1. The molecule has 6 heterocycles. The third-order valence-electron chi connectivity index (χ3n) is 6.14. The van der Waals surface area contributed by atoms with Gasteiger partial charge in [0.05, 0.1) is 51.2 Å². The van der Waals surface area contributed by atoms with Gasteiger partial charge in [-0.15, -0.1) is 20.5 Å². The van der Waals surface area contributed by atoms with Crippen molar-refractivity contribution >= 4 is 0 Å². The molecular weight excluding hydrogens is 737 g/mol. The molecule has 0 aliphatic carbocycles. The van der Waals surface area contributed by atoms with Gasteiger partial charge in [0.1, 0.15) is 0 Å². The van der Waals surface area contributed by atoms with Gasteiger partial charge in [0.25, 0.3) is 0 Å². The molecule has 6 rings (SSSR count). The van der Waals surface area contributed by atoms with E-state index in [2.05, 4.69) is 15.0 Å². The first kappa shape index (κ1) is 39.2. The van der Waals surface area contributed by atoms with Crippen LogP contribution in [0.3, 0.4) is 0 Å². The average molecular weight is 759 g/mol. The summed E-state index contributed by atoms with van der Waals surface area (Å²) in [4.78, 5) is 27.8. The largest absolute Gasteiger partial charge is 2.00 e. The zero-order chi connectivity index (χ0) is 34.8. The molecule has 6 aromatic rings. The predicted molar refractivity (Wildman–Crippen MR) is 145 cm³/mol. The summed E-state index contributed by atoms with van der Waals surface area (Å²) in [6, 6.07) is 33.4. The van der Waals surface area contributed by atoms with Gasteiger partial charge in [0.15, 0.2) is 5.60 Å². The Morgan fingerprint density at radius 3 is 0.857 bits per heavy atom. The molecular formula is C31H22Cl2N6O9Zn. The van der Waals surface area contributed by atoms with E-state index in [1.807, 2.05) is 91.0 Å². The number of nitrogens with zero attached hydrogens (tertiary/aromatic N) is 6. The molecule has 1 N–H and O–H groups in total. The number of hydrogen-bond acceptors (Lipinski definition) is 15. The Morgan fingerprint density at radius 1 is 0.388 bits per heavy atom. The van der Waals surface area contributed by atoms with E-state index in [-0.39, 0.29) is 19.5 Å². The van der Waals surface area contributed by atoms with Crippen molar-refractivity contribution in [3.63, 3.8) is 0 Å². The number of aromatic nitrogens is 6. The van der Waals surface area contributed by atoms with E-state index in [4.69, 9.17) is 52.2 Å². The zero-order valence-electron chi connectivity index (χ0n) is 25.0. The Morgan fingerprint density at radius 2 is 0.633 bits per heavy atom. The van der Waals surface area contributed by atoms with Crippen LogP contribution < -0.4 is 37.3 Å². The summed E-state index contributed by atoms with van der Waals surface area (Å²) in [6.07, 6.45) is 5.14. The van der Waals surface area contributed by atoms with E-state index in [1.165, 1.54) is 0 Å². The summed E-state index contributed by atoms with van der Waals surface area (Å²) in [5, 5.41) is 12.6. The Balaban J connectivity index is 0.000000522. The van der Waals surface area contributed by atoms with Crippen molar-refractivity contribution in [1.82, 2.24) is 29.9 Å². The maximum absolute atomic E-state index is 12.6. The molecule has 0 atom stereocenters. The third-order valence-corrected chi connectivity index (χ3v) is 6.14. The van der Waals surface area contributed by atoms with Crippen LogP contribution in [0.2, 0.25) is 0 Å². The van der Waals surface area contributed by atoms with Crippen LogP contribution >= 0.6 is 0 Å². The fraction of sp³-hybridized carbons (Fsp3) is 0.0323. The molecule has 49 heavy (non-hydrogen) atoms. The fourth-order valence-electron chi connectivity index (χ4n) is 4.27. The smallest absolute Gasteiger partial charge is 0.372 e. The van der Waals surface area contributed by atoms with Crippen LogP contribution in [0.5, 0.6) is 0 Å². The Bertz CT molecular complexity index is 1680. The maximum atomic E-state index is 12.6. The van der Waals surface area contributed by atoms with Gasteiger partial charge in [0, 0.05) is 18.6 Å². The second-order valence-corrected chi connectivity index (χ2v) is 10.8. The van der Waals surface area contributed by atoms with Crippen molar-refractivity contribution < 1.29 is 82.3 Å². The van der Waals surface area contributed by atoms with Gasteiger partial charge < -0.3 is 5.11 Å². The van der Waals surface area contributed by atoms with Gasteiger partial charge in [-0.2, -0.15) is 0 Å². The molecule has 0 spiro atoms.